The summed E-state index contributed by atoms with van der Waals surface area (Å²) in [5.41, 5.74) is 0. The third kappa shape index (κ3) is 3.02. The second kappa shape index (κ2) is 5.69. The van der Waals surface area contributed by atoms with Crippen LogP contribution >= 0.6 is 11.3 Å². The Labute approximate surface area is 111 Å². The third-order valence-corrected chi connectivity index (χ3v) is 4.62. The summed E-state index contributed by atoms with van der Waals surface area (Å²) in [6.07, 6.45) is 6.40. The monoisotopic (exact) mass is 268 g/mol. The molecular weight excluding hydrogens is 248 g/mol. The maximum absolute atomic E-state index is 10.8. The molecule has 1 fully saturated rings. The molecule has 0 aromatic carbocycles. The van der Waals surface area contributed by atoms with Gasteiger partial charge < -0.3 is 10.4 Å². The van der Waals surface area contributed by atoms with Gasteiger partial charge in [-0.05, 0) is 24.7 Å². The zero-order valence-electron chi connectivity index (χ0n) is 10.8. The Balaban J connectivity index is 2.03. The molecule has 2 rings (SSSR count). The van der Waals surface area contributed by atoms with Gasteiger partial charge in [0, 0.05) is 6.04 Å². The van der Waals surface area contributed by atoms with Gasteiger partial charge in [-0.25, -0.2) is 9.78 Å². The van der Waals surface area contributed by atoms with Gasteiger partial charge in [0.15, 0.2) is 5.13 Å². The Morgan fingerprint density at radius 1 is 1.50 bits per heavy atom. The van der Waals surface area contributed by atoms with Gasteiger partial charge in [0.05, 0.1) is 6.20 Å². The normalized spacial score (nSPS) is 24.2. The topological polar surface area (TPSA) is 62.2 Å². The summed E-state index contributed by atoms with van der Waals surface area (Å²) >= 11 is 1.23. The molecule has 18 heavy (non-hydrogen) atoms. The number of carboxylic acid groups (broad SMARTS) is 1. The van der Waals surface area contributed by atoms with Crippen molar-refractivity contribution in [2.24, 2.45) is 11.8 Å². The van der Waals surface area contributed by atoms with E-state index in [1.807, 2.05) is 0 Å². The molecule has 1 aromatic rings. The van der Waals surface area contributed by atoms with Crippen LogP contribution in [0, 0.1) is 11.8 Å². The number of aromatic nitrogens is 1. The smallest absolute Gasteiger partial charge is 0.347 e. The van der Waals surface area contributed by atoms with Gasteiger partial charge in [0.2, 0.25) is 0 Å². The molecule has 1 aliphatic carbocycles. The molecular formula is C13H20N2O2S. The summed E-state index contributed by atoms with van der Waals surface area (Å²) < 4.78 is 0. The van der Waals surface area contributed by atoms with Crippen LogP contribution in [0.15, 0.2) is 6.20 Å². The minimum Gasteiger partial charge on any atom is -0.477 e. The van der Waals surface area contributed by atoms with Crippen LogP contribution in [-0.4, -0.2) is 22.1 Å². The van der Waals surface area contributed by atoms with Gasteiger partial charge in [-0.1, -0.05) is 38.0 Å². The second-order valence-electron chi connectivity index (χ2n) is 5.28. The molecule has 5 heteroatoms. The van der Waals surface area contributed by atoms with Crippen LogP contribution in [0.2, 0.25) is 0 Å². The first kappa shape index (κ1) is 13.3. The molecule has 2 atom stereocenters. The summed E-state index contributed by atoms with van der Waals surface area (Å²) in [6.45, 7) is 4.52. The molecule has 0 bridgehead atoms. The summed E-state index contributed by atoms with van der Waals surface area (Å²) in [4.78, 5) is 15.3. The minimum atomic E-state index is -0.899. The molecule has 1 saturated carbocycles. The summed E-state index contributed by atoms with van der Waals surface area (Å²) in [7, 11) is 0. The molecule has 100 valence electrons. The second-order valence-corrected chi connectivity index (χ2v) is 6.31. The van der Waals surface area contributed by atoms with E-state index in [1.165, 1.54) is 36.8 Å². The van der Waals surface area contributed by atoms with Crippen molar-refractivity contribution in [3.8, 4) is 0 Å². The number of carbonyl (C=O) groups is 1. The molecule has 2 N–H and O–H groups in total. The highest BCUT2D eigenvalue weighted by atomic mass is 32.1. The van der Waals surface area contributed by atoms with Crippen molar-refractivity contribution in [1.29, 1.82) is 0 Å². The molecule has 1 heterocycles. The number of carboxylic acids is 1. The largest absolute Gasteiger partial charge is 0.477 e. The van der Waals surface area contributed by atoms with Gasteiger partial charge in [0.1, 0.15) is 4.88 Å². The Morgan fingerprint density at radius 3 is 2.83 bits per heavy atom. The standard InChI is InChI=1S/C13H20N2O2S/c1-8(2)9-5-3-4-6-10(9)15-13-14-7-11(18-13)12(16)17/h7-10H,3-6H2,1-2H3,(H,14,15)(H,16,17). The van der Waals surface area contributed by atoms with Crippen LogP contribution in [0.5, 0.6) is 0 Å². The Bertz CT molecular complexity index is 417. The van der Waals surface area contributed by atoms with Gasteiger partial charge in [-0.15, -0.1) is 0 Å². The Kier molecular flexibility index (Phi) is 4.22. The maximum atomic E-state index is 10.8. The van der Waals surface area contributed by atoms with E-state index in [0.717, 1.165) is 11.6 Å². The molecule has 0 radical (unpaired) electrons. The van der Waals surface area contributed by atoms with Crippen molar-refractivity contribution in [2.45, 2.75) is 45.6 Å². The van der Waals surface area contributed by atoms with Crippen molar-refractivity contribution in [3.05, 3.63) is 11.1 Å². The van der Waals surface area contributed by atoms with Crippen LogP contribution in [0.3, 0.4) is 0 Å². The van der Waals surface area contributed by atoms with Crippen LogP contribution in [0.1, 0.15) is 49.2 Å². The lowest BCUT2D eigenvalue weighted by atomic mass is 9.78. The summed E-state index contributed by atoms with van der Waals surface area (Å²) in [5, 5.41) is 13.1. The first-order valence-electron chi connectivity index (χ1n) is 6.53. The number of anilines is 1. The average Bonchev–Trinajstić information content (AvgIpc) is 2.78. The molecule has 4 nitrogen and oxygen atoms in total. The number of thiazole rings is 1. The van der Waals surface area contributed by atoms with E-state index in [9.17, 15) is 4.79 Å². The lowest BCUT2D eigenvalue weighted by Crippen LogP contribution is -2.35. The maximum Gasteiger partial charge on any atom is 0.347 e. The molecule has 1 aromatic heterocycles. The predicted molar refractivity (Wildman–Crippen MR) is 73.3 cm³/mol. The quantitative estimate of drug-likeness (QED) is 0.877. The van der Waals surface area contributed by atoms with E-state index in [4.69, 9.17) is 5.11 Å². The molecule has 2 unspecified atom stereocenters. The lowest BCUT2D eigenvalue weighted by molar-refractivity contribution is 0.0702. The first-order chi connectivity index (χ1) is 8.58. The number of hydrogen-bond acceptors (Lipinski definition) is 4. The molecule has 0 saturated heterocycles. The number of nitrogens with zero attached hydrogens (tertiary/aromatic N) is 1. The van der Waals surface area contributed by atoms with Crippen molar-refractivity contribution in [3.63, 3.8) is 0 Å². The average molecular weight is 268 g/mol. The highest BCUT2D eigenvalue weighted by Gasteiger charge is 2.28. The number of hydrogen-bond donors (Lipinski definition) is 2. The van der Waals surface area contributed by atoms with E-state index < -0.39 is 5.97 Å². The fraction of sp³-hybridized carbons (Fsp3) is 0.692. The molecule has 0 spiro atoms. The van der Waals surface area contributed by atoms with E-state index in [1.54, 1.807) is 0 Å². The summed E-state index contributed by atoms with van der Waals surface area (Å²) in [5.74, 6) is 0.419. The van der Waals surface area contributed by atoms with Crippen molar-refractivity contribution >= 4 is 22.4 Å². The Hall–Kier alpha value is -1.10. The fourth-order valence-corrected chi connectivity index (χ4v) is 3.45. The van der Waals surface area contributed by atoms with E-state index in [2.05, 4.69) is 24.1 Å². The minimum absolute atomic E-state index is 0.300. The van der Waals surface area contributed by atoms with Crippen LogP contribution in [0.4, 0.5) is 5.13 Å². The van der Waals surface area contributed by atoms with E-state index in [-0.39, 0.29) is 0 Å². The van der Waals surface area contributed by atoms with Crippen LogP contribution in [-0.2, 0) is 0 Å². The number of aromatic carboxylic acids is 1. The zero-order valence-corrected chi connectivity index (χ0v) is 11.7. The third-order valence-electron chi connectivity index (χ3n) is 3.70. The predicted octanol–water partition coefficient (Wildman–Crippen LogP) is 3.47. The van der Waals surface area contributed by atoms with Crippen molar-refractivity contribution < 1.29 is 9.90 Å². The highest BCUT2D eigenvalue weighted by molar-refractivity contribution is 7.17. The van der Waals surface area contributed by atoms with Crippen molar-refractivity contribution in [1.82, 2.24) is 4.98 Å². The molecule has 0 amide bonds. The van der Waals surface area contributed by atoms with Crippen LogP contribution < -0.4 is 5.32 Å². The molecule has 1 aliphatic rings. The first-order valence-corrected chi connectivity index (χ1v) is 7.35. The van der Waals surface area contributed by atoms with Gasteiger partial charge in [0.25, 0.3) is 0 Å². The van der Waals surface area contributed by atoms with E-state index >= 15 is 0 Å². The molecule has 0 aliphatic heterocycles. The van der Waals surface area contributed by atoms with Crippen LogP contribution in [0.25, 0.3) is 0 Å². The van der Waals surface area contributed by atoms with Gasteiger partial charge in [-0.3, -0.25) is 0 Å². The lowest BCUT2D eigenvalue weighted by Gasteiger charge is -2.34. The highest BCUT2D eigenvalue weighted by Crippen LogP contribution is 2.33. The fourth-order valence-electron chi connectivity index (χ4n) is 2.74. The van der Waals surface area contributed by atoms with Crippen molar-refractivity contribution in [2.75, 3.05) is 5.32 Å². The number of nitrogens with one attached hydrogen (secondary N) is 1. The van der Waals surface area contributed by atoms with Gasteiger partial charge in [-0.2, -0.15) is 0 Å². The van der Waals surface area contributed by atoms with Gasteiger partial charge >= 0.3 is 5.97 Å². The SMILES string of the molecule is CC(C)C1CCCCC1Nc1ncc(C(=O)O)s1. The zero-order chi connectivity index (χ0) is 13.1. The Morgan fingerprint density at radius 2 is 2.22 bits per heavy atom. The van der Waals surface area contributed by atoms with E-state index in [0.29, 0.717) is 22.8 Å². The summed E-state index contributed by atoms with van der Waals surface area (Å²) in [6, 6.07) is 0.437. The number of rotatable bonds is 4.